The number of carbonyl (C=O) groups is 2. The fourth-order valence-electron chi connectivity index (χ4n) is 2.68. The van der Waals surface area contributed by atoms with E-state index in [0.717, 1.165) is 18.9 Å². The number of aryl methyl sites for hydroxylation is 1. The Labute approximate surface area is 117 Å². The Morgan fingerprint density at radius 3 is 2.60 bits per heavy atom. The topological polar surface area (TPSA) is 57.6 Å². The van der Waals surface area contributed by atoms with Gasteiger partial charge in [-0.2, -0.15) is 0 Å². The lowest BCUT2D eigenvalue weighted by Gasteiger charge is -2.41. The summed E-state index contributed by atoms with van der Waals surface area (Å²) >= 11 is 0. The molecule has 1 N–H and O–H groups in total. The number of hydrogen-bond donors (Lipinski definition) is 1. The highest BCUT2D eigenvalue weighted by atomic mass is 19.1. The minimum atomic E-state index is -1.21. The Morgan fingerprint density at radius 2 is 2.00 bits per heavy atom. The van der Waals surface area contributed by atoms with Gasteiger partial charge in [0.1, 0.15) is 11.4 Å². The molecule has 0 saturated carbocycles. The highest BCUT2D eigenvalue weighted by molar-refractivity contribution is 5.98. The average Bonchev–Trinajstić information content (AvgIpc) is 2.37. The van der Waals surface area contributed by atoms with Gasteiger partial charge in [0.2, 0.25) is 0 Å². The predicted molar refractivity (Wildman–Crippen MR) is 72.1 cm³/mol. The largest absolute Gasteiger partial charge is 0.480 e. The minimum absolute atomic E-state index is 0.205. The van der Waals surface area contributed by atoms with Gasteiger partial charge in [0.25, 0.3) is 5.91 Å². The summed E-state index contributed by atoms with van der Waals surface area (Å²) < 4.78 is 13.4. The molecule has 1 aliphatic rings. The van der Waals surface area contributed by atoms with Crippen molar-refractivity contribution in [3.05, 3.63) is 35.1 Å². The second-order valence-corrected chi connectivity index (χ2v) is 5.51. The van der Waals surface area contributed by atoms with Crippen LogP contribution in [0.15, 0.2) is 18.2 Å². The summed E-state index contributed by atoms with van der Waals surface area (Å²) in [5.41, 5.74) is -0.366. The van der Waals surface area contributed by atoms with Gasteiger partial charge in [-0.1, -0.05) is 0 Å². The number of carbonyl (C=O) groups excluding carboxylic acids is 1. The molecule has 1 amide bonds. The first-order chi connectivity index (χ1) is 9.34. The van der Waals surface area contributed by atoms with Crippen molar-refractivity contribution in [3.63, 3.8) is 0 Å². The molecule has 1 aliphatic heterocycles. The maximum absolute atomic E-state index is 13.4. The Balaban J connectivity index is 2.37. The van der Waals surface area contributed by atoms with Crippen molar-refractivity contribution in [2.75, 3.05) is 6.54 Å². The van der Waals surface area contributed by atoms with Crippen molar-refractivity contribution in [2.24, 2.45) is 0 Å². The third kappa shape index (κ3) is 2.53. The number of likely N-dealkylation sites (tertiary alicyclic amines) is 1. The summed E-state index contributed by atoms with van der Waals surface area (Å²) in [6.07, 6.45) is 1.96. The Bertz CT molecular complexity index is 538. The summed E-state index contributed by atoms with van der Waals surface area (Å²) in [4.78, 5) is 25.4. The van der Waals surface area contributed by atoms with Crippen LogP contribution in [0.5, 0.6) is 0 Å². The van der Waals surface area contributed by atoms with E-state index in [-0.39, 0.29) is 5.56 Å². The molecule has 1 aromatic carbocycles. The summed E-state index contributed by atoms with van der Waals surface area (Å²) in [5, 5.41) is 9.40. The number of halogens is 1. The average molecular weight is 279 g/mol. The number of nitrogens with zero attached hydrogens (tertiary/aromatic N) is 1. The van der Waals surface area contributed by atoms with Gasteiger partial charge < -0.3 is 10.0 Å². The molecule has 1 aromatic rings. The van der Waals surface area contributed by atoms with Crippen LogP contribution < -0.4 is 0 Å². The molecule has 0 bridgehead atoms. The minimum Gasteiger partial charge on any atom is -0.480 e. The molecule has 0 spiro atoms. The summed E-state index contributed by atoms with van der Waals surface area (Å²) in [5.74, 6) is -1.92. The first-order valence-corrected chi connectivity index (χ1v) is 6.67. The second kappa shape index (κ2) is 5.23. The number of carboxylic acid groups (broad SMARTS) is 1. The van der Waals surface area contributed by atoms with Gasteiger partial charge in [0, 0.05) is 12.1 Å². The molecule has 2 rings (SSSR count). The molecule has 1 unspecified atom stereocenters. The van der Waals surface area contributed by atoms with E-state index in [1.807, 2.05) is 0 Å². The Hall–Kier alpha value is -1.91. The first-order valence-electron chi connectivity index (χ1n) is 6.67. The van der Waals surface area contributed by atoms with Crippen LogP contribution in [0.1, 0.15) is 42.1 Å². The molecule has 0 aromatic heterocycles. The van der Waals surface area contributed by atoms with Crippen molar-refractivity contribution < 1.29 is 19.1 Å². The molecule has 1 fully saturated rings. The SMILES string of the molecule is Cc1cc(F)cc(C(=O)N2CCCCC2(C)C(=O)O)c1. The highest BCUT2D eigenvalue weighted by Crippen LogP contribution is 2.30. The molecule has 1 heterocycles. The molecular weight excluding hydrogens is 261 g/mol. The van der Waals surface area contributed by atoms with Crippen molar-refractivity contribution in [2.45, 2.75) is 38.6 Å². The zero-order valence-corrected chi connectivity index (χ0v) is 11.6. The van der Waals surface area contributed by atoms with Gasteiger partial charge in [-0.25, -0.2) is 9.18 Å². The molecule has 5 heteroatoms. The zero-order chi connectivity index (χ0) is 14.9. The van der Waals surface area contributed by atoms with Crippen molar-refractivity contribution in [3.8, 4) is 0 Å². The van der Waals surface area contributed by atoms with Crippen LogP contribution in [0.25, 0.3) is 0 Å². The van der Waals surface area contributed by atoms with Crippen LogP contribution in [-0.2, 0) is 4.79 Å². The number of amides is 1. The van der Waals surface area contributed by atoms with Gasteiger partial charge in [-0.05, 0) is 56.9 Å². The number of rotatable bonds is 2. The third-order valence-electron chi connectivity index (χ3n) is 3.89. The first kappa shape index (κ1) is 14.5. The molecule has 1 atom stereocenters. The van der Waals surface area contributed by atoms with Gasteiger partial charge in [0.05, 0.1) is 0 Å². The van der Waals surface area contributed by atoms with E-state index >= 15 is 0 Å². The normalized spacial score (nSPS) is 22.6. The van der Waals surface area contributed by atoms with E-state index < -0.39 is 23.2 Å². The second-order valence-electron chi connectivity index (χ2n) is 5.51. The Kier molecular flexibility index (Phi) is 3.79. The van der Waals surface area contributed by atoms with Crippen LogP contribution in [0.4, 0.5) is 4.39 Å². The molecule has 0 aliphatic carbocycles. The quantitative estimate of drug-likeness (QED) is 0.905. The van der Waals surface area contributed by atoms with Crippen molar-refractivity contribution in [1.82, 2.24) is 4.90 Å². The van der Waals surface area contributed by atoms with Gasteiger partial charge in [-0.3, -0.25) is 4.79 Å². The fraction of sp³-hybridized carbons (Fsp3) is 0.467. The van der Waals surface area contributed by atoms with Gasteiger partial charge in [-0.15, -0.1) is 0 Å². The van der Waals surface area contributed by atoms with Gasteiger partial charge >= 0.3 is 5.97 Å². The third-order valence-corrected chi connectivity index (χ3v) is 3.89. The smallest absolute Gasteiger partial charge is 0.329 e. The molecule has 108 valence electrons. The summed E-state index contributed by atoms with van der Waals surface area (Å²) in [6, 6.07) is 4.08. The van der Waals surface area contributed by atoms with Crippen molar-refractivity contribution in [1.29, 1.82) is 0 Å². The lowest BCUT2D eigenvalue weighted by Crippen LogP contribution is -2.57. The lowest BCUT2D eigenvalue weighted by atomic mass is 9.87. The molecule has 1 saturated heterocycles. The number of hydrogen-bond acceptors (Lipinski definition) is 2. The van der Waals surface area contributed by atoms with Crippen molar-refractivity contribution >= 4 is 11.9 Å². The van der Waals surface area contributed by atoms with E-state index in [0.29, 0.717) is 18.5 Å². The molecule has 0 radical (unpaired) electrons. The number of aliphatic carboxylic acids is 1. The van der Waals surface area contributed by atoms with Crippen LogP contribution in [0, 0.1) is 12.7 Å². The highest BCUT2D eigenvalue weighted by Gasteiger charge is 2.44. The molecule has 4 nitrogen and oxygen atoms in total. The predicted octanol–water partition coefficient (Wildman–Crippen LogP) is 2.60. The fourth-order valence-corrected chi connectivity index (χ4v) is 2.68. The number of benzene rings is 1. The van der Waals surface area contributed by atoms with E-state index in [9.17, 15) is 19.1 Å². The van der Waals surface area contributed by atoms with E-state index in [2.05, 4.69) is 0 Å². The summed E-state index contributed by atoms with van der Waals surface area (Å²) in [7, 11) is 0. The monoisotopic (exact) mass is 279 g/mol. The van der Waals surface area contributed by atoms with E-state index in [4.69, 9.17) is 0 Å². The number of carboxylic acids is 1. The maximum atomic E-state index is 13.4. The molecule has 20 heavy (non-hydrogen) atoms. The van der Waals surface area contributed by atoms with Crippen LogP contribution in [0.3, 0.4) is 0 Å². The van der Waals surface area contributed by atoms with Gasteiger partial charge in [0.15, 0.2) is 0 Å². The van der Waals surface area contributed by atoms with E-state index in [1.54, 1.807) is 19.9 Å². The summed E-state index contributed by atoms with van der Waals surface area (Å²) in [6.45, 7) is 3.64. The Morgan fingerprint density at radius 1 is 1.30 bits per heavy atom. The lowest BCUT2D eigenvalue weighted by molar-refractivity contribution is -0.150. The van der Waals surface area contributed by atoms with E-state index in [1.165, 1.54) is 11.0 Å². The zero-order valence-electron chi connectivity index (χ0n) is 11.6. The number of piperidine rings is 1. The van der Waals surface area contributed by atoms with Crippen LogP contribution in [-0.4, -0.2) is 34.0 Å². The van der Waals surface area contributed by atoms with Crippen LogP contribution in [0.2, 0.25) is 0 Å². The maximum Gasteiger partial charge on any atom is 0.329 e. The molecular formula is C15H18FNO3. The standard InChI is InChI=1S/C15H18FNO3/c1-10-7-11(9-12(16)8-10)13(18)17-6-4-3-5-15(17,2)14(19)20/h7-9H,3-6H2,1-2H3,(H,19,20). The van der Waals surface area contributed by atoms with Crippen LogP contribution >= 0.6 is 0 Å².